The molecule has 2 aromatic carbocycles. The molecule has 4 rings (SSSR count). The highest BCUT2D eigenvalue weighted by Crippen LogP contribution is 2.44. The van der Waals surface area contributed by atoms with Crippen LogP contribution in [0.3, 0.4) is 0 Å². The Morgan fingerprint density at radius 2 is 1.91 bits per heavy atom. The molecule has 0 radical (unpaired) electrons. The second-order valence-electron chi connectivity index (χ2n) is 8.54. The Morgan fingerprint density at radius 1 is 1.09 bits per heavy atom. The van der Waals surface area contributed by atoms with Gasteiger partial charge in [0, 0.05) is 55.0 Å². The van der Waals surface area contributed by atoms with E-state index in [9.17, 15) is 4.79 Å². The maximum atomic E-state index is 11.5. The molecule has 0 amide bonds. The molecule has 2 aromatic rings. The monoisotopic (exact) mass is 454 g/mol. The number of benzene rings is 2. The van der Waals surface area contributed by atoms with Crippen LogP contribution in [0.25, 0.3) is 0 Å². The second kappa shape index (κ2) is 11.2. The number of ether oxygens (including phenoxy) is 2. The Kier molecular flexibility index (Phi) is 8.11. The molecule has 0 spiro atoms. The van der Waals surface area contributed by atoms with Crippen LogP contribution in [0, 0.1) is 0 Å². The summed E-state index contributed by atoms with van der Waals surface area (Å²) in [7, 11) is 1.74. The zero-order valence-electron chi connectivity index (χ0n) is 19.2. The fourth-order valence-corrected chi connectivity index (χ4v) is 5.71. The van der Waals surface area contributed by atoms with Crippen molar-refractivity contribution in [1.82, 2.24) is 9.80 Å². The Bertz CT molecular complexity index is 912. The summed E-state index contributed by atoms with van der Waals surface area (Å²) in [5.74, 6) is 0.856. The molecule has 0 aliphatic carbocycles. The Balaban J connectivity index is 1.40. The molecule has 1 saturated heterocycles. The number of hydrogen-bond acceptors (Lipinski definition) is 6. The van der Waals surface area contributed by atoms with E-state index in [4.69, 9.17) is 9.47 Å². The van der Waals surface area contributed by atoms with Crippen LogP contribution in [0.15, 0.2) is 52.3 Å². The van der Waals surface area contributed by atoms with E-state index in [1.54, 1.807) is 7.11 Å². The summed E-state index contributed by atoms with van der Waals surface area (Å²) in [6.45, 7) is 7.71. The molecule has 1 atom stereocenters. The second-order valence-corrected chi connectivity index (χ2v) is 9.62. The van der Waals surface area contributed by atoms with E-state index in [0.717, 1.165) is 57.7 Å². The summed E-state index contributed by atoms with van der Waals surface area (Å²) in [4.78, 5) is 19.3. The Labute approximate surface area is 196 Å². The van der Waals surface area contributed by atoms with Crippen molar-refractivity contribution in [2.24, 2.45) is 0 Å². The molecule has 5 nitrogen and oxygen atoms in total. The van der Waals surface area contributed by atoms with Crippen molar-refractivity contribution in [1.29, 1.82) is 0 Å². The largest absolute Gasteiger partial charge is 0.497 e. The lowest BCUT2D eigenvalue weighted by Crippen LogP contribution is -2.48. The van der Waals surface area contributed by atoms with Crippen molar-refractivity contribution in [2.75, 3.05) is 46.4 Å². The molecule has 0 N–H and O–H groups in total. The van der Waals surface area contributed by atoms with E-state index in [1.807, 2.05) is 18.7 Å². The Morgan fingerprint density at radius 3 is 2.69 bits per heavy atom. The lowest BCUT2D eigenvalue weighted by atomic mass is 9.96. The molecule has 2 aliphatic rings. The van der Waals surface area contributed by atoms with Crippen molar-refractivity contribution in [3.8, 4) is 5.75 Å². The molecule has 2 heterocycles. The van der Waals surface area contributed by atoms with Gasteiger partial charge in [0.05, 0.1) is 13.7 Å². The molecule has 6 heteroatoms. The van der Waals surface area contributed by atoms with Gasteiger partial charge in [0.1, 0.15) is 5.75 Å². The summed E-state index contributed by atoms with van der Waals surface area (Å²) in [6.07, 6.45) is 3.30. The molecule has 0 aromatic heterocycles. The van der Waals surface area contributed by atoms with Gasteiger partial charge in [-0.15, -0.1) is 0 Å². The van der Waals surface area contributed by atoms with Crippen molar-refractivity contribution in [3.63, 3.8) is 0 Å². The number of carbonyl (C=O) groups excluding carboxylic acids is 1. The van der Waals surface area contributed by atoms with Gasteiger partial charge in [-0.2, -0.15) is 0 Å². The molecule has 0 saturated carbocycles. The first kappa shape index (κ1) is 23.1. The average Bonchev–Trinajstić information content (AvgIpc) is 2.98. The molecular weight excluding hydrogens is 420 g/mol. The lowest BCUT2D eigenvalue weighted by Gasteiger charge is -2.39. The van der Waals surface area contributed by atoms with E-state index in [2.05, 4.69) is 52.3 Å². The van der Waals surface area contributed by atoms with Gasteiger partial charge in [0.15, 0.2) is 0 Å². The zero-order chi connectivity index (χ0) is 22.3. The quantitative estimate of drug-likeness (QED) is 0.422. The number of nitrogens with zero attached hydrogens (tertiary/aromatic N) is 2. The first-order valence-corrected chi connectivity index (χ1v) is 12.5. The zero-order valence-corrected chi connectivity index (χ0v) is 20.0. The van der Waals surface area contributed by atoms with Crippen LogP contribution < -0.4 is 4.74 Å². The third kappa shape index (κ3) is 5.66. The highest BCUT2D eigenvalue weighted by atomic mass is 32.2. The number of esters is 1. The number of piperazine rings is 1. The standard InChI is InChI=1S/C26H34N2O3S/c1-3-7-26(29)31-17-6-12-27-13-15-28(16-14-27)23-18-20-8-4-5-9-24(20)32-25-11-10-21(30-2)19-22(23)25/h4-5,8-11,19,23H,3,6-7,12-18H2,1-2H3. The molecule has 1 unspecified atom stereocenters. The SMILES string of the molecule is CCCC(=O)OCCCN1CCN(C2Cc3ccccc3Sc3ccc(OC)cc32)CC1. The molecule has 32 heavy (non-hydrogen) atoms. The fraction of sp³-hybridized carbons (Fsp3) is 0.500. The van der Waals surface area contributed by atoms with Crippen LogP contribution >= 0.6 is 11.8 Å². The lowest BCUT2D eigenvalue weighted by molar-refractivity contribution is -0.143. The van der Waals surface area contributed by atoms with Crippen molar-refractivity contribution < 1.29 is 14.3 Å². The summed E-state index contributed by atoms with van der Waals surface area (Å²) >= 11 is 1.88. The maximum Gasteiger partial charge on any atom is 0.305 e. The normalized spacial score (nSPS) is 19.0. The van der Waals surface area contributed by atoms with Crippen molar-refractivity contribution in [3.05, 3.63) is 53.6 Å². The minimum Gasteiger partial charge on any atom is -0.497 e. The molecule has 1 fully saturated rings. The van der Waals surface area contributed by atoms with Gasteiger partial charge in [0.2, 0.25) is 0 Å². The van der Waals surface area contributed by atoms with Crippen LogP contribution in [0.5, 0.6) is 5.75 Å². The van der Waals surface area contributed by atoms with Gasteiger partial charge >= 0.3 is 5.97 Å². The number of hydrogen-bond donors (Lipinski definition) is 0. The van der Waals surface area contributed by atoms with Gasteiger partial charge in [-0.1, -0.05) is 36.9 Å². The average molecular weight is 455 g/mol. The maximum absolute atomic E-state index is 11.5. The first-order chi connectivity index (χ1) is 15.7. The first-order valence-electron chi connectivity index (χ1n) is 11.7. The van der Waals surface area contributed by atoms with Gasteiger partial charge in [-0.05, 0) is 54.7 Å². The van der Waals surface area contributed by atoms with Gasteiger partial charge < -0.3 is 14.4 Å². The van der Waals surface area contributed by atoms with E-state index in [0.29, 0.717) is 19.1 Å². The molecule has 2 aliphatic heterocycles. The van der Waals surface area contributed by atoms with Crippen LogP contribution in [-0.2, 0) is 16.0 Å². The summed E-state index contributed by atoms with van der Waals surface area (Å²) in [6, 6.07) is 15.7. The third-order valence-electron chi connectivity index (χ3n) is 6.37. The molecule has 172 valence electrons. The third-order valence-corrected chi connectivity index (χ3v) is 7.58. The molecular formula is C26H34N2O3S. The Hall–Kier alpha value is -2.02. The summed E-state index contributed by atoms with van der Waals surface area (Å²) in [5.41, 5.74) is 2.80. The van der Waals surface area contributed by atoms with Crippen molar-refractivity contribution in [2.45, 2.75) is 48.4 Å². The predicted molar refractivity (Wildman–Crippen MR) is 129 cm³/mol. The number of carbonyl (C=O) groups is 1. The van der Waals surface area contributed by atoms with Gasteiger partial charge in [0.25, 0.3) is 0 Å². The predicted octanol–water partition coefficient (Wildman–Crippen LogP) is 4.79. The molecule has 0 bridgehead atoms. The minimum absolute atomic E-state index is 0.0714. The minimum atomic E-state index is -0.0714. The number of rotatable bonds is 8. The number of fused-ring (bicyclic) bond motifs is 2. The smallest absolute Gasteiger partial charge is 0.305 e. The van der Waals surface area contributed by atoms with E-state index in [1.165, 1.54) is 20.9 Å². The van der Waals surface area contributed by atoms with Crippen LogP contribution in [0.4, 0.5) is 0 Å². The van der Waals surface area contributed by atoms with Gasteiger partial charge in [-0.3, -0.25) is 9.69 Å². The van der Waals surface area contributed by atoms with E-state index >= 15 is 0 Å². The van der Waals surface area contributed by atoms with Gasteiger partial charge in [-0.25, -0.2) is 0 Å². The fourth-order valence-electron chi connectivity index (χ4n) is 4.59. The van der Waals surface area contributed by atoms with E-state index in [-0.39, 0.29) is 5.97 Å². The van der Waals surface area contributed by atoms with Crippen LogP contribution in [-0.4, -0.2) is 62.2 Å². The topological polar surface area (TPSA) is 42.0 Å². The summed E-state index contributed by atoms with van der Waals surface area (Å²) < 4.78 is 10.9. The summed E-state index contributed by atoms with van der Waals surface area (Å²) in [5, 5.41) is 0. The number of methoxy groups -OCH3 is 1. The van der Waals surface area contributed by atoms with Crippen LogP contribution in [0.2, 0.25) is 0 Å². The highest BCUT2D eigenvalue weighted by Gasteiger charge is 2.30. The van der Waals surface area contributed by atoms with Crippen LogP contribution in [0.1, 0.15) is 43.4 Å². The van der Waals surface area contributed by atoms with E-state index < -0.39 is 0 Å². The highest BCUT2D eigenvalue weighted by molar-refractivity contribution is 7.99. The van der Waals surface area contributed by atoms with Crippen molar-refractivity contribution >= 4 is 17.7 Å².